The van der Waals surface area contributed by atoms with Crippen LogP contribution in [0.3, 0.4) is 0 Å². The van der Waals surface area contributed by atoms with Crippen molar-refractivity contribution in [3.8, 4) is 5.75 Å². The van der Waals surface area contributed by atoms with E-state index in [2.05, 4.69) is 40.3 Å². The molecule has 0 amide bonds. The average molecular weight is 933 g/mol. The van der Waals surface area contributed by atoms with Gasteiger partial charge in [0.25, 0.3) is 11.4 Å². The number of rotatable bonds is 13. The molecule has 0 saturated carbocycles. The summed E-state index contributed by atoms with van der Waals surface area (Å²) in [5, 5.41) is 27.4. The normalized spacial score (nSPS) is 15.1. The topological polar surface area (TPSA) is 203 Å². The largest absolute Gasteiger partial charge is 0.497 e. The van der Waals surface area contributed by atoms with Gasteiger partial charge in [0.1, 0.15) is 5.75 Å². The van der Waals surface area contributed by atoms with Crippen molar-refractivity contribution in [2.75, 3.05) is 69.3 Å². The van der Waals surface area contributed by atoms with Crippen LogP contribution in [0.2, 0.25) is 0 Å². The fourth-order valence-corrected chi connectivity index (χ4v) is 11.7. The minimum absolute atomic E-state index is 0.0615. The molecular formula is C42H44N8O9S4. The maximum Gasteiger partial charge on any atom is 0.269 e. The molecule has 330 valence electrons. The summed E-state index contributed by atoms with van der Waals surface area (Å²) in [6.45, 7) is 5.54. The number of ether oxygens (including phenoxy) is 1. The molecular weight excluding hydrogens is 889 g/mol. The van der Waals surface area contributed by atoms with Gasteiger partial charge in [-0.25, -0.2) is 26.8 Å². The second-order valence-electron chi connectivity index (χ2n) is 14.7. The Morgan fingerprint density at radius 2 is 1.02 bits per heavy atom. The van der Waals surface area contributed by atoms with Crippen LogP contribution in [0.15, 0.2) is 118 Å². The molecule has 2 aromatic heterocycles. The number of sulfonamides is 2. The number of piperazine rings is 2. The van der Waals surface area contributed by atoms with E-state index in [0.29, 0.717) is 58.8 Å². The number of nitro groups is 2. The van der Waals surface area contributed by atoms with Crippen LogP contribution in [0.4, 0.5) is 21.6 Å². The van der Waals surface area contributed by atoms with E-state index in [-0.39, 0.29) is 21.2 Å². The highest BCUT2D eigenvalue weighted by Gasteiger charge is 2.31. The molecule has 0 spiro atoms. The molecule has 8 rings (SSSR count). The third-order valence-corrected chi connectivity index (χ3v) is 16.2. The van der Waals surface area contributed by atoms with Crippen LogP contribution in [0.5, 0.6) is 5.75 Å². The number of nitro benzene ring substituents is 2. The fourth-order valence-electron chi connectivity index (χ4n) is 7.09. The lowest BCUT2D eigenvalue weighted by molar-refractivity contribution is -0.385. The van der Waals surface area contributed by atoms with Crippen molar-refractivity contribution in [1.29, 1.82) is 0 Å². The predicted octanol–water partition coefficient (Wildman–Crippen LogP) is 6.62. The SMILES string of the molecule is COc1cccc(Cc2csc(N3CCN(S(=O)(=O)c4ccc([N+](=O)[O-])cc4)CC3)n2)c1.Cc1cccc(Cc2csc(N3CCN(S(=O)(=O)c4ccc([N+](=O)[O-])cc4)CC3)n2)c1. The number of non-ortho nitro benzene ring substituents is 2. The summed E-state index contributed by atoms with van der Waals surface area (Å²) in [5.41, 5.74) is 5.25. The minimum Gasteiger partial charge on any atom is -0.497 e. The number of nitrogens with zero attached hydrogens (tertiary/aromatic N) is 8. The van der Waals surface area contributed by atoms with E-state index in [1.807, 2.05) is 35.7 Å². The Bertz CT molecular complexity index is 2770. The van der Waals surface area contributed by atoms with Crippen molar-refractivity contribution in [3.63, 3.8) is 0 Å². The fraction of sp³-hybridized carbons (Fsp3) is 0.286. The van der Waals surface area contributed by atoms with Crippen molar-refractivity contribution in [1.82, 2.24) is 18.6 Å². The highest BCUT2D eigenvalue weighted by molar-refractivity contribution is 7.89. The number of hydrogen-bond donors (Lipinski definition) is 0. The zero-order valence-corrected chi connectivity index (χ0v) is 37.6. The lowest BCUT2D eigenvalue weighted by Crippen LogP contribution is -2.48. The van der Waals surface area contributed by atoms with E-state index in [0.717, 1.165) is 39.4 Å². The number of thiazole rings is 2. The van der Waals surface area contributed by atoms with Crippen molar-refractivity contribution in [3.05, 3.63) is 156 Å². The second-order valence-corrected chi connectivity index (χ2v) is 20.3. The van der Waals surface area contributed by atoms with E-state index >= 15 is 0 Å². The first-order chi connectivity index (χ1) is 30.2. The third kappa shape index (κ3) is 11.0. The second kappa shape index (κ2) is 19.7. The molecule has 0 atom stereocenters. The summed E-state index contributed by atoms with van der Waals surface area (Å²) in [6.07, 6.45) is 1.47. The molecule has 63 heavy (non-hydrogen) atoms. The molecule has 2 saturated heterocycles. The maximum absolute atomic E-state index is 12.9. The van der Waals surface area contributed by atoms with Crippen LogP contribution >= 0.6 is 22.7 Å². The number of aromatic nitrogens is 2. The molecule has 0 radical (unpaired) electrons. The van der Waals surface area contributed by atoms with E-state index in [1.54, 1.807) is 29.8 Å². The van der Waals surface area contributed by atoms with E-state index < -0.39 is 29.9 Å². The van der Waals surface area contributed by atoms with Gasteiger partial charge in [-0.05, 0) is 54.4 Å². The number of aryl methyl sites for hydroxylation is 1. The Morgan fingerprint density at radius 1 is 0.603 bits per heavy atom. The Kier molecular flexibility index (Phi) is 14.1. The van der Waals surface area contributed by atoms with Crippen molar-refractivity contribution >= 4 is 64.4 Å². The summed E-state index contributed by atoms with van der Waals surface area (Å²) >= 11 is 3.12. The summed E-state index contributed by atoms with van der Waals surface area (Å²) in [7, 11) is -5.74. The lowest BCUT2D eigenvalue weighted by Gasteiger charge is -2.33. The van der Waals surface area contributed by atoms with Crippen LogP contribution in [-0.4, -0.2) is 105 Å². The van der Waals surface area contributed by atoms with Gasteiger partial charge in [-0.1, -0.05) is 42.0 Å². The van der Waals surface area contributed by atoms with Gasteiger partial charge in [0.2, 0.25) is 20.0 Å². The quantitative estimate of drug-likeness (QED) is 0.0884. The van der Waals surface area contributed by atoms with Crippen molar-refractivity contribution in [2.24, 2.45) is 0 Å². The zero-order chi connectivity index (χ0) is 44.7. The van der Waals surface area contributed by atoms with Crippen molar-refractivity contribution in [2.45, 2.75) is 29.6 Å². The molecule has 2 aliphatic heterocycles. The van der Waals surface area contributed by atoms with Crippen LogP contribution in [0, 0.1) is 27.2 Å². The molecule has 4 heterocycles. The Hall–Kier alpha value is -5.84. The van der Waals surface area contributed by atoms with Gasteiger partial charge >= 0.3 is 0 Å². The summed E-state index contributed by atoms with van der Waals surface area (Å²) in [4.78, 5) is 34.3. The lowest BCUT2D eigenvalue weighted by atomic mass is 10.1. The Labute approximate surface area is 373 Å². The standard InChI is InChI=1S/C21H22N4O5S2.C21H22N4O4S2/c1-30-19-4-2-3-16(14-19)13-17-15-31-21(22-17)23-9-11-24(12-10-23)32(28,29)20-7-5-18(6-8-20)25(26)27;1-16-3-2-4-17(13-16)14-18-15-30-21(22-18)23-9-11-24(12-10-23)31(28,29)20-7-5-19(6-8-20)25(26)27/h2-8,14-15H,9-13H2,1H3;2-8,13,15H,9-12,14H2,1H3. The number of anilines is 2. The van der Waals surface area contributed by atoms with Crippen LogP contribution in [0.1, 0.15) is 28.1 Å². The van der Waals surface area contributed by atoms with Gasteiger partial charge in [0.15, 0.2) is 10.3 Å². The molecule has 2 aliphatic rings. The first kappa shape index (κ1) is 45.2. The Morgan fingerprint density at radius 3 is 1.41 bits per heavy atom. The van der Waals surface area contributed by atoms with Crippen LogP contribution in [0.25, 0.3) is 0 Å². The molecule has 6 aromatic rings. The maximum atomic E-state index is 12.9. The van der Waals surface area contributed by atoms with Crippen LogP contribution < -0.4 is 14.5 Å². The van der Waals surface area contributed by atoms with E-state index in [4.69, 9.17) is 14.7 Å². The van der Waals surface area contributed by atoms with Gasteiger partial charge in [-0.2, -0.15) is 8.61 Å². The van der Waals surface area contributed by atoms with E-state index in [1.165, 1.54) is 68.3 Å². The zero-order valence-electron chi connectivity index (χ0n) is 34.3. The van der Waals surface area contributed by atoms with Gasteiger partial charge in [-0.15, -0.1) is 22.7 Å². The molecule has 0 aliphatic carbocycles. The average Bonchev–Trinajstić information content (AvgIpc) is 3.97. The molecule has 2 fully saturated rings. The molecule has 0 unspecified atom stereocenters. The highest BCUT2D eigenvalue weighted by atomic mass is 32.2. The highest BCUT2D eigenvalue weighted by Crippen LogP contribution is 2.28. The molecule has 0 bridgehead atoms. The summed E-state index contributed by atoms with van der Waals surface area (Å²) < 4.78 is 59.6. The molecule has 21 heteroatoms. The van der Waals surface area contributed by atoms with E-state index in [9.17, 15) is 37.1 Å². The number of hydrogen-bond acceptors (Lipinski definition) is 15. The monoisotopic (exact) mass is 932 g/mol. The van der Waals surface area contributed by atoms with Crippen molar-refractivity contribution < 1.29 is 31.4 Å². The number of benzene rings is 4. The molecule has 0 N–H and O–H groups in total. The van der Waals surface area contributed by atoms with Gasteiger partial charge in [-0.3, -0.25) is 20.2 Å². The van der Waals surface area contributed by atoms with Crippen LogP contribution in [-0.2, 0) is 32.9 Å². The number of methoxy groups -OCH3 is 1. The van der Waals surface area contributed by atoms with Gasteiger partial charge in [0.05, 0.1) is 38.1 Å². The summed E-state index contributed by atoms with van der Waals surface area (Å²) in [5.74, 6) is 0.809. The predicted molar refractivity (Wildman–Crippen MR) is 242 cm³/mol. The molecule has 4 aromatic carbocycles. The minimum atomic E-state index is -3.70. The van der Waals surface area contributed by atoms with Gasteiger partial charge in [0, 0.05) is 100 Å². The third-order valence-electron chi connectivity index (χ3n) is 10.5. The summed E-state index contributed by atoms with van der Waals surface area (Å²) in [6, 6.07) is 26.2. The Balaban J connectivity index is 0.000000189. The smallest absolute Gasteiger partial charge is 0.269 e. The van der Waals surface area contributed by atoms with Gasteiger partial charge < -0.3 is 14.5 Å². The molecule has 17 nitrogen and oxygen atoms in total. The first-order valence-electron chi connectivity index (χ1n) is 19.8. The first-order valence-corrected chi connectivity index (χ1v) is 24.4.